The largest absolute Gasteiger partial charge is 0.320 e. The summed E-state index contributed by atoms with van der Waals surface area (Å²) in [7, 11) is 0. The van der Waals surface area contributed by atoms with Gasteiger partial charge in [-0.05, 0) is 48.7 Å². The van der Waals surface area contributed by atoms with Crippen LogP contribution in [0.25, 0.3) is 0 Å². The summed E-state index contributed by atoms with van der Waals surface area (Å²) < 4.78 is 0. The molecule has 8 heteroatoms. The highest BCUT2D eigenvalue weighted by atomic mass is 35.5. The summed E-state index contributed by atoms with van der Waals surface area (Å²) in [6, 6.07) is 14.8. The van der Waals surface area contributed by atoms with E-state index in [1.54, 1.807) is 41.8 Å². The lowest BCUT2D eigenvalue weighted by atomic mass is 10.1. The van der Waals surface area contributed by atoms with Gasteiger partial charge in [-0.2, -0.15) is 0 Å². The van der Waals surface area contributed by atoms with Gasteiger partial charge in [0.2, 0.25) is 0 Å². The molecule has 0 atom stereocenters. The molecule has 0 radical (unpaired) electrons. The van der Waals surface area contributed by atoms with Crippen molar-refractivity contribution in [1.29, 1.82) is 0 Å². The molecule has 3 rings (SSSR count). The van der Waals surface area contributed by atoms with E-state index in [4.69, 9.17) is 11.6 Å². The number of hydrazine groups is 1. The van der Waals surface area contributed by atoms with Crippen LogP contribution < -0.4 is 16.2 Å². The van der Waals surface area contributed by atoms with Crippen molar-refractivity contribution in [3.05, 3.63) is 86.6 Å². The Kier molecular flexibility index (Phi) is 6.08. The van der Waals surface area contributed by atoms with E-state index in [1.807, 2.05) is 6.92 Å². The molecular weight excluding hydrogens is 398 g/mol. The smallest absolute Gasteiger partial charge is 0.271 e. The van der Waals surface area contributed by atoms with Crippen LogP contribution in [0, 0.1) is 6.92 Å². The topological polar surface area (TPSA) is 87.3 Å². The number of amides is 3. The first kappa shape index (κ1) is 19.6. The zero-order valence-electron chi connectivity index (χ0n) is 14.8. The molecule has 0 saturated carbocycles. The molecule has 1 heterocycles. The van der Waals surface area contributed by atoms with Gasteiger partial charge in [0.05, 0.1) is 16.1 Å². The van der Waals surface area contributed by atoms with Crippen LogP contribution in [-0.4, -0.2) is 17.7 Å². The monoisotopic (exact) mass is 413 g/mol. The Hall–Kier alpha value is -3.16. The lowest BCUT2D eigenvalue weighted by molar-refractivity contribution is 0.0847. The van der Waals surface area contributed by atoms with E-state index >= 15 is 0 Å². The van der Waals surface area contributed by atoms with E-state index in [1.165, 1.54) is 29.5 Å². The number of hydrogen-bond donors (Lipinski definition) is 3. The van der Waals surface area contributed by atoms with Gasteiger partial charge in [0.1, 0.15) is 0 Å². The first-order valence-corrected chi connectivity index (χ1v) is 9.51. The Bertz CT molecular complexity index is 1020. The zero-order valence-corrected chi connectivity index (χ0v) is 16.4. The summed E-state index contributed by atoms with van der Waals surface area (Å²) in [5.41, 5.74) is 6.55. The Morgan fingerprint density at radius 2 is 1.61 bits per heavy atom. The Balaban J connectivity index is 1.71. The Morgan fingerprint density at radius 1 is 0.893 bits per heavy atom. The van der Waals surface area contributed by atoms with Crippen molar-refractivity contribution in [2.75, 3.05) is 5.32 Å². The summed E-state index contributed by atoms with van der Waals surface area (Å²) in [4.78, 5) is 37.5. The minimum Gasteiger partial charge on any atom is -0.320 e. The number of thiophene rings is 1. The number of carbonyl (C=O) groups is 3. The number of nitrogens with one attached hydrogen (secondary N) is 3. The highest BCUT2D eigenvalue weighted by molar-refractivity contribution is 7.12. The quantitative estimate of drug-likeness (QED) is 0.564. The standard InChI is InChI=1S/C20H16ClN3O3S/c1-12-4-6-13(7-5-12)18(25)23-24-19(26)15-9-8-14(21)11-16(15)22-20(27)17-3-2-10-28-17/h2-11H,1H3,(H,22,27)(H,23,25)(H,24,26). The van der Waals surface area contributed by atoms with Crippen LogP contribution in [0.1, 0.15) is 36.0 Å². The fourth-order valence-corrected chi connectivity index (χ4v) is 3.16. The van der Waals surface area contributed by atoms with Gasteiger partial charge in [0, 0.05) is 10.6 Å². The SMILES string of the molecule is Cc1ccc(C(=O)NNC(=O)c2ccc(Cl)cc2NC(=O)c2cccs2)cc1. The first-order valence-electron chi connectivity index (χ1n) is 8.26. The molecule has 0 aliphatic heterocycles. The van der Waals surface area contributed by atoms with Gasteiger partial charge in [0.15, 0.2) is 0 Å². The molecule has 6 nitrogen and oxygen atoms in total. The lowest BCUT2D eigenvalue weighted by Crippen LogP contribution is -2.41. The summed E-state index contributed by atoms with van der Waals surface area (Å²) >= 11 is 7.28. The van der Waals surface area contributed by atoms with Crippen LogP contribution in [0.5, 0.6) is 0 Å². The lowest BCUT2D eigenvalue weighted by Gasteiger charge is -2.12. The summed E-state index contributed by atoms with van der Waals surface area (Å²) in [5.74, 6) is -1.39. The predicted molar refractivity (Wildman–Crippen MR) is 110 cm³/mol. The van der Waals surface area contributed by atoms with Gasteiger partial charge >= 0.3 is 0 Å². The van der Waals surface area contributed by atoms with Gasteiger partial charge in [-0.15, -0.1) is 11.3 Å². The van der Waals surface area contributed by atoms with Crippen molar-refractivity contribution in [1.82, 2.24) is 10.9 Å². The number of aryl methyl sites for hydroxylation is 1. The number of anilines is 1. The number of rotatable bonds is 4. The highest BCUT2D eigenvalue weighted by Crippen LogP contribution is 2.22. The molecular formula is C20H16ClN3O3S. The summed E-state index contributed by atoms with van der Waals surface area (Å²) in [5, 5.41) is 4.82. The zero-order chi connectivity index (χ0) is 20.1. The van der Waals surface area contributed by atoms with Crippen molar-refractivity contribution in [3.8, 4) is 0 Å². The molecule has 0 saturated heterocycles. The molecule has 1 aromatic heterocycles. The second kappa shape index (κ2) is 8.69. The minimum atomic E-state index is -0.585. The molecule has 2 aromatic carbocycles. The fourth-order valence-electron chi connectivity index (χ4n) is 2.37. The van der Waals surface area contributed by atoms with Crippen LogP contribution in [0.2, 0.25) is 5.02 Å². The maximum absolute atomic E-state index is 12.5. The molecule has 0 aliphatic carbocycles. The number of hydrogen-bond acceptors (Lipinski definition) is 4. The maximum atomic E-state index is 12.5. The van der Waals surface area contributed by atoms with Gasteiger partial charge in [-0.3, -0.25) is 25.2 Å². The van der Waals surface area contributed by atoms with E-state index in [0.29, 0.717) is 15.5 Å². The molecule has 142 valence electrons. The summed E-state index contributed by atoms with van der Waals surface area (Å²) in [6.45, 7) is 1.91. The van der Waals surface area contributed by atoms with Crippen molar-refractivity contribution < 1.29 is 14.4 Å². The maximum Gasteiger partial charge on any atom is 0.271 e. The molecule has 0 fully saturated rings. The molecule has 0 aliphatic rings. The Labute approximate surface area is 170 Å². The highest BCUT2D eigenvalue weighted by Gasteiger charge is 2.16. The average molecular weight is 414 g/mol. The van der Waals surface area contributed by atoms with Crippen molar-refractivity contribution in [3.63, 3.8) is 0 Å². The van der Waals surface area contributed by atoms with Gasteiger partial charge in [0.25, 0.3) is 17.7 Å². The Morgan fingerprint density at radius 3 is 2.29 bits per heavy atom. The van der Waals surface area contributed by atoms with E-state index in [2.05, 4.69) is 16.2 Å². The van der Waals surface area contributed by atoms with Crippen LogP contribution in [0.3, 0.4) is 0 Å². The van der Waals surface area contributed by atoms with Crippen molar-refractivity contribution >= 4 is 46.3 Å². The fraction of sp³-hybridized carbons (Fsp3) is 0.0500. The third kappa shape index (κ3) is 4.76. The van der Waals surface area contributed by atoms with Crippen LogP contribution >= 0.6 is 22.9 Å². The van der Waals surface area contributed by atoms with E-state index in [9.17, 15) is 14.4 Å². The molecule has 0 bridgehead atoms. The van der Waals surface area contributed by atoms with Crippen LogP contribution in [0.4, 0.5) is 5.69 Å². The van der Waals surface area contributed by atoms with Gasteiger partial charge in [-0.1, -0.05) is 35.4 Å². The number of halogens is 1. The second-order valence-corrected chi connectivity index (χ2v) is 7.28. The van der Waals surface area contributed by atoms with E-state index in [-0.39, 0.29) is 17.2 Å². The molecule has 28 heavy (non-hydrogen) atoms. The van der Waals surface area contributed by atoms with Crippen molar-refractivity contribution in [2.24, 2.45) is 0 Å². The molecule has 3 N–H and O–H groups in total. The van der Waals surface area contributed by atoms with Crippen LogP contribution in [-0.2, 0) is 0 Å². The minimum absolute atomic E-state index is 0.165. The van der Waals surface area contributed by atoms with Gasteiger partial charge < -0.3 is 5.32 Å². The first-order chi connectivity index (χ1) is 13.4. The summed E-state index contributed by atoms with van der Waals surface area (Å²) in [6.07, 6.45) is 0. The van der Waals surface area contributed by atoms with Gasteiger partial charge in [-0.25, -0.2) is 0 Å². The third-order valence-electron chi connectivity index (χ3n) is 3.82. The number of carbonyl (C=O) groups excluding carboxylic acids is 3. The number of benzene rings is 2. The molecule has 3 amide bonds. The molecule has 0 unspecified atom stereocenters. The third-order valence-corrected chi connectivity index (χ3v) is 4.93. The normalized spacial score (nSPS) is 10.2. The molecule has 3 aromatic rings. The van der Waals surface area contributed by atoms with E-state index in [0.717, 1.165) is 5.56 Å². The van der Waals surface area contributed by atoms with Crippen molar-refractivity contribution in [2.45, 2.75) is 6.92 Å². The van der Waals surface area contributed by atoms with E-state index < -0.39 is 11.8 Å². The molecule has 0 spiro atoms. The second-order valence-electron chi connectivity index (χ2n) is 5.90. The average Bonchev–Trinajstić information content (AvgIpc) is 3.21. The van der Waals surface area contributed by atoms with Crippen LogP contribution in [0.15, 0.2) is 60.0 Å². The predicted octanol–water partition coefficient (Wildman–Crippen LogP) is 4.04.